The lowest BCUT2D eigenvalue weighted by Gasteiger charge is -2.39. The molecule has 9 nitrogen and oxygen atoms in total. The van der Waals surface area contributed by atoms with Crippen molar-refractivity contribution < 1.29 is 23.9 Å². The second-order valence-electron chi connectivity index (χ2n) is 9.31. The number of rotatable bonds is 9. The summed E-state index contributed by atoms with van der Waals surface area (Å²) in [5, 5.41) is 8.63. The number of ketones is 1. The number of carbonyl (C=O) groups is 4. The van der Waals surface area contributed by atoms with Crippen molar-refractivity contribution in [2.45, 2.75) is 95.2 Å². The standard InChI is InChI=1S/C23H38N4O5/c1-2-3-10-18(19(28)20(29)24-17-8-7-9-17)25-21(30)23(11-5-4-6-12-23)26-22(31)27-13-15-32-16-14-27/h17-18H,2-16H2,1H3,(H,24,29)(H,25,30)(H,26,31). The van der Waals surface area contributed by atoms with E-state index in [1.807, 2.05) is 6.92 Å². The summed E-state index contributed by atoms with van der Waals surface area (Å²) in [6.45, 7) is 3.95. The number of urea groups is 1. The second-order valence-corrected chi connectivity index (χ2v) is 9.31. The highest BCUT2D eigenvalue weighted by atomic mass is 16.5. The first-order valence-corrected chi connectivity index (χ1v) is 12.3. The van der Waals surface area contributed by atoms with E-state index in [4.69, 9.17) is 4.74 Å². The number of hydrogen-bond acceptors (Lipinski definition) is 5. The average molecular weight is 451 g/mol. The van der Waals surface area contributed by atoms with Crippen LogP contribution < -0.4 is 16.0 Å². The Kier molecular flexibility index (Phi) is 8.90. The Balaban J connectivity index is 1.68. The van der Waals surface area contributed by atoms with Gasteiger partial charge in [0.1, 0.15) is 5.54 Å². The number of Topliss-reactive ketones (excluding diaryl/α,β-unsaturated/α-hetero) is 1. The lowest BCUT2D eigenvalue weighted by atomic mass is 9.80. The Morgan fingerprint density at radius 3 is 2.31 bits per heavy atom. The summed E-state index contributed by atoms with van der Waals surface area (Å²) >= 11 is 0. The number of amides is 4. The third-order valence-electron chi connectivity index (χ3n) is 6.92. The van der Waals surface area contributed by atoms with Gasteiger partial charge in [0.2, 0.25) is 11.7 Å². The first-order valence-electron chi connectivity index (χ1n) is 12.3. The molecule has 1 atom stereocenters. The van der Waals surface area contributed by atoms with E-state index in [1.165, 1.54) is 0 Å². The molecule has 3 fully saturated rings. The van der Waals surface area contributed by atoms with Gasteiger partial charge in [-0.2, -0.15) is 0 Å². The molecule has 0 spiro atoms. The highest BCUT2D eigenvalue weighted by molar-refractivity contribution is 6.38. The summed E-state index contributed by atoms with van der Waals surface area (Å²) < 4.78 is 5.31. The number of nitrogens with one attached hydrogen (secondary N) is 3. The van der Waals surface area contributed by atoms with Gasteiger partial charge >= 0.3 is 6.03 Å². The predicted octanol–water partition coefficient (Wildman–Crippen LogP) is 1.64. The normalized spacial score (nSPS) is 21.7. The van der Waals surface area contributed by atoms with Crippen LogP contribution in [0.1, 0.15) is 77.6 Å². The lowest BCUT2D eigenvalue weighted by molar-refractivity contribution is -0.141. The topological polar surface area (TPSA) is 117 Å². The van der Waals surface area contributed by atoms with Crippen molar-refractivity contribution in [1.29, 1.82) is 0 Å². The molecule has 0 aromatic carbocycles. The van der Waals surface area contributed by atoms with Crippen LogP contribution in [0.15, 0.2) is 0 Å². The number of nitrogens with zero attached hydrogens (tertiary/aromatic N) is 1. The van der Waals surface area contributed by atoms with Crippen molar-refractivity contribution in [1.82, 2.24) is 20.9 Å². The van der Waals surface area contributed by atoms with Gasteiger partial charge in [0, 0.05) is 19.1 Å². The van der Waals surface area contributed by atoms with Crippen LogP contribution in [0.5, 0.6) is 0 Å². The highest BCUT2D eigenvalue weighted by Crippen LogP contribution is 2.29. The average Bonchev–Trinajstić information content (AvgIpc) is 2.79. The van der Waals surface area contributed by atoms with Crippen LogP contribution in [0.25, 0.3) is 0 Å². The number of ether oxygens (including phenoxy) is 1. The van der Waals surface area contributed by atoms with Crippen molar-refractivity contribution in [3.63, 3.8) is 0 Å². The van der Waals surface area contributed by atoms with Crippen LogP contribution >= 0.6 is 0 Å². The Morgan fingerprint density at radius 2 is 1.72 bits per heavy atom. The Bertz CT molecular complexity index is 682. The molecule has 0 aromatic rings. The van der Waals surface area contributed by atoms with Crippen molar-refractivity contribution in [2.24, 2.45) is 0 Å². The third kappa shape index (κ3) is 6.21. The van der Waals surface area contributed by atoms with Gasteiger partial charge in [0.25, 0.3) is 5.91 Å². The summed E-state index contributed by atoms with van der Waals surface area (Å²) in [5.74, 6) is -1.57. The quantitative estimate of drug-likeness (QED) is 0.462. The molecule has 1 saturated heterocycles. The maximum atomic E-state index is 13.5. The highest BCUT2D eigenvalue weighted by Gasteiger charge is 2.43. The number of unbranched alkanes of at least 4 members (excludes halogenated alkanes) is 1. The first-order chi connectivity index (χ1) is 15.4. The largest absolute Gasteiger partial charge is 0.378 e. The van der Waals surface area contributed by atoms with E-state index in [0.717, 1.165) is 51.4 Å². The fourth-order valence-corrected chi connectivity index (χ4v) is 4.56. The summed E-state index contributed by atoms with van der Waals surface area (Å²) in [5.41, 5.74) is -1.05. The van der Waals surface area contributed by atoms with Gasteiger partial charge in [-0.05, 0) is 38.5 Å². The summed E-state index contributed by atoms with van der Waals surface area (Å²) in [6.07, 6.45) is 8.53. The van der Waals surface area contributed by atoms with Gasteiger partial charge in [-0.1, -0.05) is 39.0 Å². The fourth-order valence-electron chi connectivity index (χ4n) is 4.56. The maximum absolute atomic E-state index is 13.5. The van der Waals surface area contributed by atoms with Gasteiger partial charge in [-0.25, -0.2) is 4.79 Å². The minimum absolute atomic E-state index is 0.0615. The minimum Gasteiger partial charge on any atom is -0.378 e. The number of hydrogen-bond donors (Lipinski definition) is 3. The second kappa shape index (κ2) is 11.6. The molecule has 2 aliphatic carbocycles. The van der Waals surface area contributed by atoms with Crippen molar-refractivity contribution in [3.8, 4) is 0 Å². The molecule has 1 heterocycles. The zero-order valence-corrected chi connectivity index (χ0v) is 19.2. The van der Waals surface area contributed by atoms with E-state index in [1.54, 1.807) is 4.90 Å². The molecule has 2 saturated carbocycles. The van der Waals surface area contributed by atoms with E-state index in [0.29, 0.717) is 45.6 Å². The van der Waals surface area contributed by atoms with Crippen LogP contribution in [0, 0.1) is 0 Å². The van der Waals surface area contributed by atoms with Crippen molar-refractivity contribution in [3.05, 3.63) is 0 Å². The smallest absolute Gasteiger partial charge is 0.318 e. The molecule has 1 unspecified atom stereocenters. The summed E-state index contributed by atoms with van der Waals surface area (Å²) in [6, 6.07) is -1.09. The van der Waals surface area contributed by atoms with E-state index < -0.39 is 23.3 Å². The molecule has 3 aliphatic rings. The molecule has 3 rings (SSSR count). The molecule has 0 radical (unpaired) electrons. The van der Waals surface area contributed by atoms with Gasteiger partial charge in [0.15, 0.2) is 0 Å². The third-order valence-corrected chi connectivity index (χ3v) is 6.92. The van der Waals surface area contributed by atoms with Crippen LogP contribution in [0.2, 0.25) is 0 Å². The predicted molar refractivity (Wildman–Crippen MR) is 119 cm³/mol. The van der Waals surface area contributed by atoms with Crippen LogP contribution in [-0.4, -0.2) is 72.5 Å². The van der Waals surface area contributed by atoms with E-state index in [-0.39, 0.29) is 18.0 Å². The fraction of sp³-hybridized carbons (Fsp3) is 0.826. The van der Waals surface area contributed by atoms with Gasteiger partial charge < -0.3 is 25.6 Å². The summed E-state index contributed by atoms with van der Waals surface area (Å²) in [4.78, 5) is 53.4. The SMILES string of the molecule is CCCCC(NC(=O)C1(NC(=O)N2CCOCC2)CCCCC1)C(=O)C(=O)NC1CCC1. The summed E-state index contributed by atoms with van der Waals surface area (Å²) in [7, 11) is 0. The van der Waals surface area contributed by atoms with Crippen LogP contribution in [-0.2, 0) is 19.1 Å². The van der Waals surface area contributed by atoms with Gasteiger partial charge in [-0.3, -0.25) is 14.4 Å². The molecule has 9 heteroatoms. The Hall–Kier alpha value is -2.16. The molecule has 3 N–H and O–H groups in total. The lowest BCUT2D eigenvalue weighted by Crippen LogP contribution is -2.64. The Morgan fingerprint density at radius 1 is 1.03 bits per heavy atom. The first kappa shape index (κ1) is 24.5. The number of carbonyl (C=O) groups excluding carboxylic acids is 4. The molecule has 180 valence electrons. The van der Waals surface area contributed by atoms with Gasteiger partial charge in [-0.15, -0.1) is 0 Å². The van der Waals surface area contributed by atoms with Gasteiger partial charge in [0.05, 0.1) is 19.3 Å². The van der Waals surface area contributed by atoms with Crippen molar-refractivity contribution >= 4 is 23.6 Å². The van der Waals surface area contributed by atoms with E-state index in [2.05, 4.69) is 16.0 Å². The molecule has 0 aromatic heterocycles. The minimum atomic E-state index is -1.05. The maximum Gasteiger partial charge on any atom is 0.318 e. The molecule has 1 aliphatic heterocycles. The molecule has 4 amide bonds. The Labute approximate surface area is 190 Å². The molecule has 0 bridgehead atoms. The van der Waals surface area contributed by atoms with E-state index >= 15 is 0 Å². The zero-order valence-electron chi connectivity index (χ0n) is 19.2. The molecular formula is C23H38N4O5. The zero-order chi connectivity index (χ0) is 23.0. The number of morpholine rings is 1. The van der Waals surface area contributed by atoms with Crippen molar-refractivity contribution in [2.75, 3.05) is 26.3 Å². The monoisotopic (exact) mass is 450 g/mol. The molecule has 32 heavy (non-hydrogen) atoms. The van der Waals surface area contributed by atoms with Crippen LogP contribution in [0.3, 0.4) is 0 Å². The molecular weight excluding hydrogens is 412 g/mol. The van der Waals surface area contributed by atoms with E-state index in [9.17, 15) is 19.2 Å². The van der Waals surface area contributed by atoms with Crippen LogP contribution in [0.4, 0.5) is 4.79 Å².